The van der Waals surface area contributed by atoms with Gasteiger partial charge in [0.05, 0.1) is 12.0 Å². The SMILES string of the molecule is COc1ccc(-c2c(-c3ccc(S(N)(=O)=O)cc3)coc2Br)cc1. The third-order valence-corrected chi connectivity index (χ3v) is 5.13. The average molecular weight is 408 g/mol. The number of hydrogen-bond donors (Lipinski definition) is 1. The number of hydrogen-bond acceptors (Lipinski definition) is 4. The van der Waals surface area contributed by atoms with Crippen LogP contribution in [0.1, 0.15) is 0 Å². The molecule has 1 heterocycles. The van der Waals surface area contributed by atoms with Crippen molar-refractivity contribution in [1.82, 2.24) is 0 Å². The van der Waals surface area contributed by atoms with Crippen molar-refractivity contribution in [3.05, 3.63) is 59.5 Å². The van der Waals surface area contributed by atoms with E-state index in [0.29, 0.717) is 4.67 Å². The fourth-order valence-corrected chi connectivity index (χ4v) is 3.45. The standard InChI is InChI=1S/C17H14BrNO4S/c1-22-13-6-2-12(3-7-13)16-15(10-23-17(16)18)11-4-8-14(9-5-11)24(19,20)21/h2-10H,1H3,(H2,19,20,21). The van der Waals surface area contributed by atoms with E-state index in [1.165, 1.54) is 12.1 Å². The number of rotatable bonds is 4. The molecule has 2 N–H and O–H groups in total. The van der Waals surface area contributed by atoms with Gasteiger partial charge in [0.15, 0.2) is 4.67 Å². The largest absolute Gasteiger partial charge is 0.497 e. The van der Waals surface area contributed by atoms with Gasteiger partial charge in [-0.2, -0.15) is 0 Å². The maximum atomic E-state index is 11.4. The molecule has 0 saturated carbocycles. The monoisotopic (exact) mass is 407 g/mol. The Morgan fingerprint density at radius 1 is 1.00 bits per heavy atom. The van der Waals surface area contributed by atoms with E-state index in [2.05, 4.69) is 15.9 Å². The average Bonchev–Trinajstić information content (AvgIpc) is 2.96. The van der Waals surface area contributed by atoms with Gasteiger partial charge in [-0.1, -0.05) is 24.3 Å². The lowest BCUT2D eigenvalue weighted by Gasteiger charge is -2.06. The first kappa shape index (κ1) is 16.8. The van der Waals surface area contributed by atoms with Crippen LogP contribution >= 0.6 is 15.9 Å². The van der Waals surface area contributed by atoms with Gasteiger partial charge in [0, 0.05) is 11.1 Å². The van der Waals surface area contributed by atoms with Crippen molar-refractivity contribution in [2.75, 3.05) is 7.11 Å². The zero-order valence-corrected chi connectivity index (χ0v) is 15.1. The molecule has 0 unspecified atom stereocenters. The van der Waals surface area contributed by atoms with Crippen LogP contribution in [0.4, 0.5) is 0 Å². The maximum absolute atomic E-state index is 11.4. The molecule has 0 atom stereocenters. The highest BCUT2D eigenvalue weighted by molar-refractivity contribution is 9.10. The van der Waals surface area contributed by atoms with E-state index in [-0.39, 0.29) is 4.90 Å². The van der Waals surface area contributed by atoms with E-state index < -0.39 is 10.0 Å². The normalized spacial score (nSPS) is 11.5. The predicted octanol–water partition coefficient (Wildman–Crippen LogP) is 4.03. The summed E-state index contributed by atoms with van der Waals surface area (Å²) < 4.78 is 34.0. The van der Waals surface area contributed by atoms with Gasteiger partial charge in [0.1, 0.15) is 12.0 Å². The van der Waals surface area contributed by atoms with E-state index in [0.717, 1.165) is 28.0 Å². The summed E-state index contributed by atoms with van der Waals surface area (Å²) in [5.74, 6) is 0.762. The minimum Gasteiger partial charge on any atom is -0.497 e. The number of methoxy groups -OCH3 is 1. The molecule has 0 aliphatic rings. The topological polar surface area (TPSA) is 82.5 Å². The Morgan fingerprint density at radius 3 is 2.12 bits per heavy atom. The lowest BCUT2D eigenvalue weighted by atomic mass is 9.99. The van der Waals surface area contributed by atoms with Crippen molar-refractivity contribution in [3.8, 4) is 28.0 Å². The van der Waals surface area contributed by atoms with Crippen LogP contribution < -0.4 is 9.88 Å². The summed E-state index contributed by atoms with van der Waals surface area (Å²) in [7, 11) is -2.10. The third-order valence-electron chi connectivity index (χ3n) is 3.62. The van der Waals surface area contributed by atoms with E-state index in [9.17, 15) is 8.42 Å². The molecule has 0 saturated heterocycles. The molecule has 5 nitrogen and oxygen atoms in total. The predicted molar refractivity (Wildman–Crippen MR) is 95.2 cm³/mol. The molecule has 1 aromatic heterocycles. The molecule has 2 aromatic carbocycles. The Bertz CT molecular complexity index is 961. The number of halogens is 1. The first-order chi connectivity index (χ1) is 11.4. The van der Waals surface area contributed by atoms with Crippen LogP contribution in [0.25, 0.3) is 22.3 Å². The highest BCUT2D eigenvalue weighted by Crippen LogP contribution is 2.40. The molecular weight excluding hydrogens is 394 g/mol. The third kappa shape index (κ3) is 3.24. The summed E-state index contributed by atoms with van der Waals surface area (Å²) in [6.07, 6.45) is 1.62. The summed E-state index contributed by atoms with van der Waals surface area (Å²) in [5, 5.41) is 5.13. The summed E-state index contributed by atoms with van der Waals surface area (Å²) >= 11 is 3.42. The highest BCUT2D eigenvalue weighted by Gasteiger charge is 2.16. The Hall–Kier alpha value is -2.09. The molecule has 0 fully saturated rings. The summed E-state index contributed by atoms with van der Waals surface area (Å²) in [6, 6.07) is 13.9. The van der Waals surface area contributed by atoms with Gasteiger partial charge in [0.25, 0.3) is 0 Å². The molecular formula is C17H14BrNO4S. The van der Waals surface area contributed by atoms with Crippen LogP contribution in [0, 0.1) is 0 Å². The highest BCUT2D eigenvalue weighted by atomic mass is 79.9. The maximum Gasteiger partial charge on any atom is 0.238 e. The van der Waals surface area contributed by atoms with Gasteiger partial charge < -0.3 is 9.15 Å². The molecule has 3 aromatic rings. The summed E-state index contributed by atoms with van der Waals surface area (Å²) in [5.41, 5.74) is 3.48. The molecule has 3 rings (SSSR count). The second kappa shape index (κ2) is 6.43. The van der Waals surface area contributed by atoms with Crippen LogP contribution in [0.3, 0.4) is 0 Å². The first-order valence-electron chi connectivity index (χ1n) is 6.95. The molecule has 0 amide bonds. The molecule has 7 heteroatoms. The molecule has 0 bridgehead atoms. The lowest BCUT2D eigenvalue weighted by molar-refractivity contribution is 0.415. The minimum atomic E-state index is -3.71. The van der Waals surface area contributed by atoms with Crippen molar-refractivity contribution in [3.63, 3.8) is 0 Å². The number of sulfonamides is 1. The molecule has 124 valence electrons. The fourth-order valence-electron chi connectivity index (χ4n) is 2.40. The number of primary sulfonamides is 1. The van der Waals surface area contributed by atoms with Crippen molar-refractivity contribution in [2.45, 2.75) is 4.90 Å². The number of ether oxygens (including phenoxy) is 1. The first-order valence-corrected chi connectivity index (χ1v) is 9.29. The Kier molecular flexibility index (Phi) is 4.49. The molecule has 0 aliphatic carbocycles. The van der Waals surface area contributed by atoms with Crippen LogP contribution in [-0.4, -0.2) is 15.5 Å². The number of benzene rings is 2. The Balaban J connectivity index is 2.06. The van der Waals surface area contributed by atoms with E-state index in [4.69, 9.17) is 14.3 Å². The molecule has 0 aliphatic heterocycles. The van der Waals surface area contributed by atoms with E-state index >= 15 is 0 Å². The van der Waals surface area contributed by atoms with Crippen molar-refractivity contribution >= 4 is 26.0 Å². The van der Waals surface area contributed by atoms with Crippen LogP contribution in [0.15, 0.2) is 68.8 Å². The lowest BCUT2D eigenvalue weighted by Crippen LogP contribution is -2.11. The molecule has 0 spiro atoms. The Labute approximate surface area is 148 Å². The van der Waals surface area contributed by atoms with Gasteiger partial charge in [0.2, 0.25) is 10.0 Å². The number of nitrogens with two attached hydrogens (primary N) is 1. The summed E-state index contributed by atoms with van der Waals surface area (Å²) in [6.45, 7) is 0. The zero-order valence-electron chi connectivity index (χ0n) is 12.7. The van der Waals surface area contributed by atoms with Gasteiger partial charge in [-0.05, 0) is 51.3 Å². The minimum absolute atomic E-state index is 0.0693. The van der Waals surface area contributed by atoms with Crippen molar-refractivity contribution in [2.24, 2.45) is 5.14 Å². The second-order valence-corrected chi connectivity index (χ2v) is 7.38. The van der Waals surface area contributed by atoms with Gasteiger partial charge in [-0.25, -0.2) is 13.6 Å². The smallest absolute Gasteiger partial charge is 0.238 e. The van der Waals surface area contributed by atoms with E-state index in [1.54, 1.807) is 25.5 Å². The summed E-state index contributed by atoms with van der Waals surface area (Å²) in [4.78, 5) is 0.0693. The number of furan rings is 1. The van der Waals surface area contributed by atoms with Gasteiger partial charge in [-0.3, -0.25) is 0 Å². The van der Waals surface area contributed by atoms with Crippen LogP contribution in [0.2, 0.25) is 0 Å². The molecule has 0 radical (unpaired) electrons. The fraction of sp³-hybridized carbons (Fsp3) is 0.0588. The van der Waals surface area contributed by atoms with E-state index in [1.807, 2.05) is 24.3 Å². The van der Waals surface area contributed by atoms with Crippen molar-refractivity contribution < 1.29 is 17.6 Å². The van der Waals surface area contributed by atoms with Crippen LogP contribution in [-0.2, 0) is 10.0 Å². The van der Waals surface area contributed by atoms with Crippen molar-refractivity contribution in [1.29, 1.82) is 0 Å². The quantitative estimate of drug-likeness (QED) is 0.707. The zero-order chi connectivity index (χ0) is 17.3. The van der Waals surface area contributed by atoms with Gasteiger partial charge in [-0.15, -0.1) is 0 Å². The second-order valence-electron chi connectivity index (χ2n) is 5.10. The Morgan fingerprint density at radius 2 is 1.58 bits per heavy atom. The van der Waals surface area contributed by atoms with Crippen LogP contribution in [0.5, 0.6) is 5.75 Å². The van der Waals surface area contributed by atoms with Gasteiger partial charge >= 0.3 is 0 Å². The molecule has 24 heavy (non-hydrogen) atoms.